The SMILES string of the molecule is Brc1[c]cccc1OCc1ccccc1. The second kappa shape index (κ2) is 4.99. The van der Waals surface area contributed by atoms with Gasteiger partial charge in [0.2, 0.25) is 0 Å². The molecule has 0 saturated heterocycles. The van der Waals surface area contributed by atoms with E-state index < -0.39 is 0 Å². The van der Waals surface area contributed by atoms with E-state index in [-0.39, 0.29) is 0 Å². The van der Waals surface area contributed by atoms with Crippen LogP contribution in [0.25, 0.3) is 0 Å². The van der Waals surface area contributed by atoms with Gasteiger partial charge < -0.3 is 4.74 Å². The summed E-state index contributed by atoms with van der Waals surface area (Å²) in [6, 6.07) is 18.8. The Kier molecular flexibility index (Phi) is 3.41. The lowest BCUT2D eigenvalue weighted by atomic mass is 10.2. The van der Waals surface area contributed by atoms with Gasteiger partial charge in [0.05, 0.1) is 4.47 Å². The van der Waals surface area contributed by atoms with Crippen molar-refractivity contribution < 1.29 is 4.74 Å². The van der Waals surface area contributed by atoms with Gasteiger partial charge in [0, 0.05) is 6.07 Å². The van der Waals surface area contributed by atoms with Crippen LogP contribution < -0.4 is 4.74 Å². The van der Waals surface area contributed by atoms with E-state index in [1.807, 2.05) is 48.5 Å². The van der Waals surface area contributed by atoms with Gasteiger partial charge in [-0.3, -0.25) is 0 Å². The van der Waals surface area contributed by atoms with Crippen molar-refractivity contribution in [2.45, 2.75) is 6.61 Å². The molecule has 1 nitrogen and oxygen atoms in total. The first-order valence-electron chi connectivity index (χ1n) is 4.69. The standard InChI is InChI=1S/C13H10BrO/c14-12-8-4-5-9-13(12)15-10-11-6-2-1-3-7-11/h1-7,9H,10H2. The molecule has 0 atom stereocenters. The summed E-state index contributed by atoms with van der Waals surface area (Å²) in [6.45, 7) is 0.581. The van der Waals surface area contributed by atoms with Gasteiger partial charge in [0.1, 0.15) is 12.4 Å². The summed E-state index contributed by atoms with van der Waals surface area (Å²) < 4.78 is 6.51. The minimum Gasteiger partial charge on any atom is -0.488 e. The molecule has 2 heteroatoms. The van der Waals surface area contributed by atoms with Crippen LogP contribution in [0.15, 0.2) is 53.0 Å². The smallest absolute Gasteiger partial charge is 0.134 e. The number of ether oxygens (including phenoxy) is 1. The number of rotatable bonds is 3. The Morgan fingerprint density at radius 3 is 2.60 bits per heavy atom. The summed E-state index contributed by atoms with van der Waals surface area (Å²) in [5.41, 5.74) is 1.16. The van der Waals surface area contributed by atoms with Crippen LogP contribution in [0.2, 0.25) is 0 Å². The quantitative estimate of drug-likeness (QED) is 0.816. The van der Waals surface area contributed by atoms with Crippen LogP contribution in [0, 0.1) is 6.07 Å². The Hall–Kier alpha value is -1.28. The van der Waals surface area contributed by atoms with Crippen molar-refractivity contribution in [2.24, 2.45) is 0 Å². The van der Waals surface area contributed by atoms with E-state index in [0.717, 1.165) is 15.8 Å². The lowest BCUT2D eigenvalue weighted by Gasteiger charge is -2.07. The van der Waals surface area contributed by atoms with Crippen molar-refractivity contribution in [3.8, 4) is 5.75 Å². The zero-order chi connectivity index (χ0) is 10.5. The van der Waals surface area contributed by atoms with E-state index in [9.17, 15) is 0 Å². The Labute approximate surface area is 97.8 Å². The molecule has 2 aromatic carbocycles. The van der Waals surface area contributed by atoms with Crippen LogP contribution in [-0.2, 0) is 6.61 Å². The van der Waals surface area contributed by atoms with Gasteiger partial charge in [-0.1, -0.05) is 42.5 Å². The molecule has 75 valence electrons. The maximum absolute atomic E-state index is 5.64. The molecule has 1 radical (unpaired) electrons. The highest BCUT2D eigenvalue weighted by Crippen LogP contribution is 2.23. The topological polar surface area (TPSA) is 9.23 Å². The molecule has 0 aromatic heterocycles. The van der Waals surface area contributed by atoms with Crippen LogP contribution in [0.4, 0.5) is 0 Å². The van der Waals surface area contributed by atoms with Crippen LogP contribution >= 0.6 is 15.9 Å². The Balaban J connectivity index is 2.03. The van der Waals surface area contributed by atoms with Gasteiger partial charge in [-0.2, -0.15) is 0 Å². The van der Waals surface area contributed by atoms with Crippen LogP contribution in [0.5, 0.6) is 5.75 Å². The molecular weight excluding hydrogens is 252 g/mol. The molecule has 0 bridgehead atoms. The maximum Gasteiger partial charge on any atom is 0.134 e. The third-order valence-electron chi connectivity index (χ3n) is 2.01. The summed E-state index contributed by atoms with van der Waals surface area (Å²) in [6.07, 6.45) is 0. The van der Waals surface area contributed by atoms with Crippen LogP contribution in [-0.4, -0.2) is 0 Å². The molecule has 2 rings (SSSR count). The molecule has 0 fully saturated rings. The highest BCUT2D eigenvalue weighted by Gasteiger charge is 1.99. The van der Waals surface area contributed by atoms with Crippen LogP contribution in [0.1, 0.15) is 5.56 Å². The molecular formula is C13H10BrO. The van der Waals surface area contributed by atoms with E-state index in [1.54, 1.807) is 0 Å². The zero-order valence-corrected chi connectivity index (χ0v) is 9.70. The monoisotopic (exact) mass is 261 g/mol. The highest BCUT2D eigenvalue weighted by molar-refractivity contribution is 9.10. The van der Waals surface area contributed by atoms with Gasteiger partial charge in [0.15, 0.2) is 0 Å². The summed E-state index contributed by atoms with van der Waals surface area (Å²) in [5, 5.41) is 0. The number of halogens is 1. The fourth-order valence-electron chi connectivity index (χ4n) is 1.25. The molecule has 0 amide bonds. The second-order valence-corrected chi connectivity index (χ2v) is 3.92. The summed E-state index contributed by atoms with van der Waals surface area (Å²) in [5.74, 6) is 0.821. The average Bonchev–Trinajstić information content (AvgIpc) is 2.29. The van der Waals surface area contributed by atoms with E-state index in [1.165, 1.54) is 0 Å². The molecule has 0 aliphatic carbocycles. The molecule has 0 heterocycles. The van der Waals surface area contributed by atoms with Crippen molar-refractivity contribution in [3.05, 3.63) is 64.6 Å². The third-order valence-corrected chi connectivity index (χ3v) is 2.63. The third kappa shape index (κ3) is 2.83. The van der Waals surface area contributed by atoms with Gasteiger partial charge >= 0.3 is 0 Å². The van der Waals surface area contributed by atoms with Crippen molar-refractivity contribution >= 4 is 15.9 Å². The molecule has 2 aromatic rings. The molecule has 15 heavy (non-hydrogen) atoms. The Morgan fingerprint density at radius 1 is 1.07 bits per heavy atom. The first kappa shape index (κ1) is 10.2. The largest absolute Gasteiger partial charge is 0.488 e. The fraction of sp³-hybridized carbons (Fsp3) is 0.0769. The van der Waals surface area contributed by atoms with Crippen LogP contribution in [0.3, 0.4) is 0 Å². The van der Waals surface area contributed by atoms with E-state index in [4.69, 9.17) is 4.74 Å². The van der Waals surface area contributed by atoms with Crippen molar-refractivity contribution in [3.63, 3.8) is 0 Å². The first-order valence-corrected chi connectivity index (χ1v) is 5.48. The minimum absolute atomic E-state index is 0.581. The van der Waals surface area contributed by atoms with E-state index in [0.29, 0.717) is 6.61 Å². The minimum atomic E-state index is 0.581. The number of hydrogen-bond donors (Lipinski definition) is 0. The average molecular weight is 262 g/mol. The molecule has 0 saturated carbocycles. The normalized spacial score (nSPS) is 9.93. The molecule has 0 aliphatic heterocycles. The van der Waals surface area contributed by atoms with Gasteiger partial charge in [-0.15, -0.1) is 0 Å². The number of hydrogen-bond acceptors (Lipinski definition) is 1. The molecule has 0 spiro atoms. The van der Waals surface area contributed by atoms with Gasteiger partial charge in [-0.25, -0.2) is 0 Å². The van der Waals surface area contributed by atoms with Gasteiger partial charge in [-0.05, 0) is 27.6 Å². The molecule has 0 aliphatic rings. The molecule has 0 unspecified atom stereocenters. The van der Waals surface area contributed by atoms with E-state index in [2.05, 4.69) is 22.0 Å². The maximum atomic E-state index is 5.64. The molecule has 0 N–H and O–H groups in total. The van der Waals surface area contributed by atoms with Crippen molar-refractivity contribution in [1.82, 2.24) is 0 Å². The fourth-order valence-corrected chi connectivity index (χ4v) is 1.63. The second-order valence-electron chi connectivity index (χ2n) is 3.12. The highest BCUT2D eigenvalue weighted by atomic mass is 79.9. The first-order chi connectivity index (χ1) is 7.36. The van der Waals surface area contributed by atoms with E-state index >= 15 is 0 Å². The summed E-state index contributed by atoms with van der Waals surface area (Å²) in [7, 11) is 0. The van der Waals surface area contributed by atoms with Crippen molar-refractivity contribution in [2.75, 3.05) is 0 Å². The van der Waals surface area contributed by atoms with Gasteiger partial charge in [0.25, 0.3) is 0 Å². The predicted molar refractivity (Wildman–Crippen MR) is 63.8 cm³/mol. The predicted octanol–water partition coefficient (Wildman–Crippen LogP) is 3.83. The Morgan fingerprint density at radius 2 is 1.87 bits per heavy atom. The van der Waals surface area contributed by atoms with Crippen molar-refractivity contribution in [1.29, 1.82) is 0 Å². The summed E-state index contributed by atoms with van der Waals surface area (Å²) in [4.78, 5) is 0. The lowest BCUT2D eigenvalue weighted by Crippen LogP contribution is -1.95. The number of benzene rings is 2. The Bertz CT molecular complexity index is 426. The lowest BCUT2D eigenvalue weighted by molar-refractivity contribution is 0.304. The zero-order valence-electron chi connectivity index (χ0n) is 8.11. The summed E-state index contributed by atoms with van der Waals surface area (Å²) >= 11 is 3.39.